The molecule has 1 aliphatic carbocycles. The maximum atomic E-state index is 14.8. The topological polar surface area (TPSA) is 85.3 Å². The molecule has 6 nitrogen and oxygen atoms in total. The molecule has 2 aliphatic rings. The van der Waals surface area contributed by atoms with Gasteiger partial charge >= 0.3 is 7.12 Å². The van der Waals surface area contributed by atoms with Crippen molar-refractivity contribution in [3.63, 3.8) is 0 Å². The van der Waals surface area contributed by atoms with Crippen LogP contribution >= 0.6 is 0 Å². The normalized spacial score (nSPS) is 24.7. The third kappa shape index (κ3) is 7.34. The highest BCUT2D eigenvalue weighted by molar-refractivity contribution is 6.51. The van der Waals surface area contributed by atoms with E-state index in [1.54, 1.807) is 5.01 Å². The van der Waals surface area contributed by atoms with Crippen molar-refractivity contribution < 1.29 is 28.4 Å². The fourth-order valence-corrected chi connectivity index (χ4v) is 3.58. The van der Waals surface area contributed by atoms with E-state index in [1.165, 1.54) is 0 Å². The monoisotopic (exact) mass is 476 g/mol. The summed E-state index contributed by atoms with van der Waals surface area (Å²) < 4.78 is 34.8. The molecular formula is C25H35BF2N2O4. The van der Waals surface area contributed by atoms with Crippen LogP contribution in [-0.4, -0.2) is 52.1 Å². The molecule has 0 aromatic carbocycles. The lowest BCUT2D eigenvalue weighted by Crippen LogP contribution is -2.56. The van der Waals surface area contributed by atoms with Crippen molar-refractivity contribution in [1.82, 2.24) is 10.4 Å². The van der Waals surface area contributed by atoms with Crippen LogP contribution in [0.1, 0.15) is 54.4 Å². The summed E-state index contributed by atoms with van der Waals surface area (Å²) in [6, 6.07) is 0. The van der Waals surface area contributed by atoms with Gasteiger partial charge in [-0.05, 0) is 58.2 Å². The van der Waals surface area contributed by atoms with Gasteiger partial charge in [0, 0.05) is 12.0 Å². The van der Waals surface area contributed by atoms with Crippen LogP contribution in [0.3, 0.4) is 0 Å². The summed E-state index contributed by atoms with van der Waals surface area (Å²) in [4.78, 5) is 13.1. The number of carbonyl (C=O) groups is 1. The molecule has 0 bridgehead atoms. The fraction of sp³-hybridized carbons (Fsp3) is 0.480. The molecule has 1 aliphatic heterocycles. The van der Waals surface area contributed by atoms with Crippen LogP contribution in [-0.2, 0) is 9.53 Å². The maximum Gasteiger partial charge on any atom is 0.488 e. The van der Waals surface area contributed by atoms with Crippen molar-refractivity contribution in [2.24, 2.45) is 0 Å². The highest BCUT2D eigenvalue weighted by atomic mass is 19.1. The second-order valence-corrected chi connectivity index (χ2v) is 9.51. The van der Waals surface area contributed by atoms with Gasteiger partial charge in [0.2, 0.25) is 0 Å². The standard InChI is InChI=1S/C25H35BF2N2O4/c1-8-25(6,7)30(24-22(34-24)17(5)12-16(4)11-15(2)3)29-23(31)20-10-9-19(27)13-18(26(32)33)14-21(20)28/h10-14,19,22,24,32-33H,5,8-9H2,1-4,6-7H3,(H,29,31)/b16-12-,18-13-,20-10?,21-14?. The van der Waals surface area contributed by atoms with Crippen LogP contribution in [0, 0.1) is 0 Å². The zero-order valence-electron chi connectivity index (χ0n) is 20.7. The molecule has 186 valence electrons. The minimum Gasteiger partial charge on any atom is -0.423 e. The van der Waals surface area contributed by atoms with Crippen LogP contribution in [0.4, 0.5) is 8.78 Å². The van der Waals surface area contributed by atoms with Gasteiger partial charge in [-0.2, -0.15) is 5.01 Å². The Labute approximate surface area is 201 Å². The van der Waals surface area contributed by atoms with E-state index in [-0.39, 0.29) is 23.6 Å². The Kier molecular flexibility index (Phi) is 9.36. The first kappa shape index (κ1) is 27.9. The summed E-state index contributed by atoms with van der Waals surface area (Å²) in [7, 11) is -2.06. The summed E-state index contributed by atoms with van der Waals surface area (Å²) in [5.41, 5.74) is 4.36. The largest absolute Gasteiger partial charge is 0.488 e. The molecule has 1 heterocycles. The Bertz CT molecular complexity index is 962. The summed E-state index contributed by atoms with van der Waals surface area (Å²) in [6.45, 7) is 15.8. The van der Waals surface area contributed by atoms with Gasteiger partial charge in [0.25, 0.3) is 5.91 Å². The fourth-order valence-electron chi connectivity index (χ4n) is 3.58. The minimum absolute atomic E-state index is 0.287. The first-order valence-corrected chi connectivity index (χ1v) is 11.3. The third-order valence-electron chi connectivity index (χ3n) is 5.77. The second kappa shape index (κ2) is 11.4. The summed E-state index contributed by atoms with van der Waals surface area (Å²) >= 11 is 0. The number of ether oxygens (including phenoxy) is 1. The number of rotatable bonds is 9. The molecule has 3 atom stereocenters. The first-order valence-electron chi connectivity index (χ1n) is 11.3. The number of hydrazine groups is 1. The molecule has 0 radical (unpaired) electrons. The van der Waals surface area contributed by atoms with E-state index in [9.17, 15) is 23.6 Å². The number of amides is 1. The molecule has 1 amide bonds. The Balaban J connectivity index is 2.26. The van der Waals surface area contributed by atoms with Gasteiger partial charge in [0.05, 0.1) is 5.57 Å². The van der Waals surface area contributed by atoms with Gasteiger partial charge in [-0.3, -0.25) is 10.2 Å². The number of allylic oxidation sites excluding steroid dienone is 7. The van der Waals surface area contributed by atoms with E-state index in [0.29, 0.717) is 6.42 Å². The molecule has 3 unspecified atom stereocenters. The summed E-state index contributed by atoms with van der Waals surface area (Å²) in [5.74, 6) is -1.77. The number of nitrogens with one attached hydrogen (secondary N) is 1. The van der Waals surface area contributed by atoms with Crippen molar-refractivity contribution >= 4 is 13.0 Å². The molecule has 3 N–H and O–H groups in total. The average Bonchev–Trinajstić information content (AvgIpc) is 3.50. The van der Waals surface area contributed by atoms with Gasteiger partial charge in [0.15, 0.2) is 6.23 Å². The van der Waals surface area contributed by atoms with Gasteiger partial charge < -0.3 is 14.8 Å². The van der Waals surface area contributed by atoms with E-state index in [1.807, 2.05) is 53.7 Å². The van der Waals surface area contributed by atoms with Crippen LogP contribution in [0.25, 0.3) is 0 Å². The third-order valence-corrected chi connectivity index (χ3v) is 5.77. The van der Waals surface area contributed by atoms with Crippen molar-refractivity contribution in [3.05, 3.63) is 70.6 Å². The van der Waals surface area contributed by atoms with E-state index >= 15 is 0 Å². The van der Waals surface area contributed by atoms with Crippen LogP contribution in [0.2, 0.25) is 0 Å². The predicted molar refractivity (Wildman–Crippen MR) is 130 cm³/mol. The summed E-state index contributed by atoms with van der Waals surface area (Å²) in [6.07, 6.45) is 4.69. The lowest BCUT2D eigenvalue weighted by molar-refractivity contribution is -0.127. The molecule has 1 fully saturated rings. The van der Waals surface area contributed by atoms with Gasteiger partial charge in [0.1, 0.15) is 18.1 Å². The lowest BCUT2D eigenvalue weighted by atomic mass is 9.77. The predicted octanol–water partition coefficient (Wildman–Crippen LogP) is 4.16. The van der Waals surface area contributed by atoms with Gasteiger partial charge in [-0.1, -0.05) is 49.0 Å². The molecule has 0 aromatic heterocycles. The number of hydrogen-bond acceptors (Lipinski definition) is 5. The zero-order chi connectivity index (χ0) is 25.8. The number of nitrogens with zero attached hydrogens (tertiary/aromatic N) is 1. The van der Waals surface area contributed by atoms with Crippen molar-refractivity contribution in [3.8, 4) is 0 Å². The van der Waals surface area contributed by atoms with Crippen molar-refractivity contribution in [2.45, 2.75) is 78.4 Å². The van der Waals surface area contributed by atoms with Crippen molar-refractivity contribution in [2.75, 3.05) is 0 Å². The smallest absolute Gasteiger partial charge is 0.423 e. The van der Waals surface area contributed by atoms with E-state index in [0.717, 1.165) is 34.9 Å². The number of epoxide rings is 1. The van der Waals surface area contributed by atoms with Gasteiger partial charge in [-0.25, -0.2) is 8.78 Å². The first-order chi connectivity index (χ1) is 15.8. The van der Waals surface area contributed by atoms with Crippen LogP contribution in [0.5, 0.6) is 0 Å². The Morgan fingerprint density at radius 1 is 1.35 bits per heavy atom. The molecule has 2 rings (SSSR count). The molecule has 34 heavy (non-hydrogen) atoms. The Hall–Kier alpha value is -2.33. The molecule has 9 heteroatoms. The van der Waals surface area contributed by atoms with E-state index < -0.39 is 36.8 Å². The number of hydrogen-bond donors (Lipinski definition) is 3. The quantitative estimate of drug-likeness (QED) is 0.201. The van der Waals surface area contributed by atoms with Crippen molar-refractivity contribution in [1.29, 1.82) is 0 Å². The van der Waals surface area contributed by atoms with Crippen LogP contribution in [0.15, 0.2) is 70.6 Å². The lowest BCUT2D eigenvalue weighted by Gasteiger charge is -2.37. The van der Waals surface area contributed by atoms with Gasteiger partial charge in [-0.15, -0.1) is 0 Å². The second-order valence-electron chi connectivity index (χ2n) is 9.51. The Morgan fingerprint density at radius 2 is 2.00 bits per heavy atom. The highest BCUT2D eigenvalue weighted by Crippen LogP contribution is 2.37. The number of carbonyl (C=O) groups excluding carboxylic acids is 1. The maximum absolute atomic E-state index is 14.8. The summed E-state index contributed by atoms with van der Waals surface area (Å²) in [5, 5.41) is 20.4. The van der Waals surface area contributed by atoms with Crippen LogP contribution < -0.4 is 5.43 Å². The highest BCUT2D eigenvalue weighted by Gasteiger charge is 2.50. The van der Waals surface area contributed by atoms with E-state index in [2.05, 4.69) is 12.0 Å². The molecule has 0 spiro atoms. The molecule has 0 aromatic rings. The molecular weight excluding hydrogens is 441 g/mol. The molecule has 1 saturated heterocycles. The Morgan fingerprint density at radius 3 is 2.56 bits per heavy atom. The average molecular weight is 476 g/mol. The number of halogens is 2. The zero-order valence-corrected chi connectivity index (χ0v) is 20.7. The number of alkyl halides is 1. The SMILES string of the molecule is C=C(/C=C(/C)C=C(C)C)C1OC1N(NC(=O)C1=CCC(F)/C=C(\B(O)O)C=C1F)C(C)(C)CC. The van der Waals surface area contributed by atoms with E-state index in [4.69, 9.17) is 4.74 Å². The molecule has 0 saturated carbocycles. The minimum atomic E-state index is -2.06.